The molecule has 1 N–H and O–H groups in total. The van der Waals surface area contributed by atoms with Gasteiger partial charge < -0.3 is 5.11 Å². The van der Waals surface area contributed by atoms with Gasteiger partial charge in [-0.3, -0.25) is 0 Å². The molecule has 122 valence electrons. The molecular formula is C18H23Cl2FO. The Hall–Kier alpha value is -0.310. The minimum atomic E-state index is -0.638. The molecule has 4 heteroatoms. The van der Waals surface area contributed by atoms with Crippen molar-refractivity contribution in [2.45, 2.75) is 69.1 Å². The van der Waals surface area contributed by atoms with Crippen LogP contribution in [-0.2, 0) is 5.41 Å². The lowest BCUT2D eigenvalue weighted by atomic mass is 9.59. The summed E-state index contributed by atoms with van der Waals surface area (Å²) in [6, 6.07) is 5.72. The van der Waals surface area contributed by atoms with Crippen molar-refractivity contribution in [2.24, 2.45) is 5.92 Å². The van der Waals surface area contributed by atoms with Gasteiger partial charge in [0.1, 0.15) is 6.17 Å². The lowest BCUT2D eigenvalue weighted by Crippen LogP contribution is -2.46. The standard InChI is InChI=1S/C18H23Cl2FO/c19-15-7-4-13(11-16(15)20)18(8-1-9-18)17(22)10-12-2-5-14(21)6-3-12/h4,7,11-12,14,17,22H,1-3,5-6,8-10H2. The number of alkyl halides is 1. The number of aliphatic hydroxyl groups is 1. The van der Waals surface area contributed by atoms with Crippen LogP contribution < -0.4 is 0 Å². The minimum Gasteiger partial charge on any atom is -0.392 e. The summed E-state index contributed by atoms with van der Waals surface area (Å²) < 4.78 is 13.3. The molecule has 2 aliphatic carbocycles. The monoisotopic (exact) mass is 344 g/mol. The molecule has 0 amide bonds. The Labute approximate surface area is 141 Å². The van der Waals surface area contributed by atoms with Crippen molar-refractivity contribution in [3.05, 3.63) is 33.8 Å². The van der Waals surface area contributed by atoms with Crippen molar-refractivity contribution in [3.8, 4) is 0 Å². The van der Waals surface area contributed by atoms with Crippen LogP contribution in [0.3, 0.4) is 0 Å². The fourth-order valence-corrected chi connectivity index (χ4v) is 4.37. The van der Waals surface area contributed by atoms with Crippen LogP contribution in [-0.4, -0.2) is 17.4 Å². The molecule has 22 heavy (non-hydrogen) atoms. The first-order valence-electron chi connectivity index (χ1n) is 8.29. The molecule has 1 nitrogen and oxygen atoms in total. The highest BCUT2D eigenvalue weighted by Gasteiger charge is 2.45. The lowest BCUT2D eigenvalue weighted by Gasteiger charge is -2.47. The zero-order valence-corrected chi connectivity index (χ0v) is 14.2. The molecule has 1 atom stereocenters. The van der Waals surface area contributed by atoms with Crippen molar-refractivity contribution in [1.29, 1.82) is 0 Å². The molecule has 0 heterocycles. The maximum absolute atomic E-state index is 13.3. The van der Waals surface area contributed by atoms with Crippen LogP contribution in [0.4, 0.5) is 4.39 Å². The van der Waals surface area contributed by atoms with Crippen molar-refractivity contribution >= 4 is 23.2 Å². The Morgan fingerprint density at radius 3 is 2.36 bits per heavy atom. The summed E-state index contributed by atoms with van der Waals surface area (Å²) in [4.78, 5) is 0. The van der Waals surface area contributed by atoms with E-state index in [9.17, 15) is 9.50 Å². The van der Waals surface area contributed by atoms with E-state index in [1.54, 1.807) is 0 Å². The quantitative estimate of drug-likeness (QED) is 0.743. The van der Waals surface area contributed by atoms with Crippen molar-refractivity contribution in [3.63, 3.8) is 0 Å². The molecule has 0 radical (unpaired) electrons. The topological polar surface area (TPSA) is 20.2 Å². The summed E-state index contributed by atoms with van der Waals surface area (Å²) in [7, 11) is 0. The van der Waals surface area contributed by atoms with E-state index in [4.69, 9.17) is 23.2 Å². The van der Waals surface area contributed by atoms with E-state index >= 15 is 0 Å². The Bertz CT molecular complexity index is 522. The first-order chi connectivity index (χ1) is 10.5. The van der Waals surface area contributed by atoms with Gasteiger partial charge in [-0.2, -0.15) is 0 Å². The maximum Gasteiger partial charge on any atom is 0.100 e. The smallest absolute Gasteiger partial charge is 0.100 e. The second-order valence-corrected chi connectivity index (χ2v) is 7.82. The van der Waals surface area contributed by atoms with Gasteiger partial charge in [-0.05, 0) is 68.6 Å². The van der Waals surface area contributed by atoms with E-state index in [0.29, 0.717) is 28.8 Å². The van der Waals surface area contributed by atoms with Gasteiger partial charge in [0, 0.05) is 5.41 Å². The van der Waals surface area contributed by atoms with Crippen molar-refractivity contribution in [2.75, 3.05) is 0 Å². The van der Waals surface area contributed by atoms with Gasteiger partial charge in [-0.1, -0.05) is 35.7 Å². The molecule has 1 aromatic carbocycles. The minimum absolute atomic E-state index is 0.180. The van der Waals surface area contributed by atoms with Crippen LogP contribution >= 0.6 is 23.2 Å². The predicted molar refractivity (Wildman–Crippen MR) is 89.5 cm³/mol. The van der Waals surface area contributed by atoms with Gasteiger partial charge in [0.2, 0.25) is 0 Å². The first kappa shape index (κ1) is 16.5. The van der Waals surface area contributed by atoms with Crippen molar-refractivity contribution in [1.82, 2.24) is 0 Å². The lowest BCUT2D eigenvalue weighted by molar-refractivity contribution is 0.00435. The molecule has 2 saturated carbocycles. The molecule has 1 aromatic rings. The highest BCUT2D eigenvalue weighted by Crippen LogP contribution is 2.49. The normalized spacial score (nSPS) is 28.9. The number of rotatable bonds is 4. The number of hydrogen-bond donors (Lipinski definition) is 1. The summed E-state index contributed by atoms with van der Waals surface area (Å²) in [5.41, 5.74) is 0.917. The highest BCUT2D eigenvalue weighted by molar-refractivity contribution is 6.42. The molecule has 0 aliphatic heterocycles. The summed E-state index contributed by atoms with van der Waals surface area (Å²) >= 11 is 12.2. The second-order valence-electron chi connectivity index (χ2n) is 7.01. The summed E-state index contributed by atoms with van der Waals surface area (Å²) in [6.45, 7) is 0. The van der Waals surface area contributed by atoms with Crippen molar-refractivity contribution < 1.29 is 9.50 Å². The fraction of sp³-hybridized carbons (Fsp3) is 0.667. The third-order valence-corrected chi connectivity index (χ3v) is 6.45. The first-order valence-corrected chi connectivity index (χ1v) is 9.04. The zero-order valence-electron chi connectivity index (χ0n) is 12.7. The number of aliphatic hydroxyl groups excluding tert-OH is 1. The molecule has 2 fully saturated rings. The summed E-state index contributed by atoms with van der Waals surface area (Å²) in [6.07, 6.45) is 5.97. The van der Waals surface area contributed by atoms with Crippen LogP contribution in [0.2, 0.25) is 10.0 Å². The summed E-state index contributed by atoms with van der Waals surface area (Å²) in [5.74, 6) is 0.447. The van der Waals surface area contributed by atoms with E-state index in [1.807, 2.05) is 18.2 Å². The molecule has 1 unspecified atom stereocenters. The van der Waals surface area contributed by atoms with E-state index in [0.717, 1.165) is 44.1 Å². The van der Waals surface area contributed by atoms with Crippen LogP contribution in [0.1, 0.15) is 56.9 Å². The van der Waals surface area contributed by atoms with Crippen LogP contribution in [0.25, 0.3) is 0 Å². The van der Waals surface area contributed by atoms with Gasteiger partial charge in [0.15, 0.2) is 0 Å². The molecule has 0 spiro atoms. The molecule has 0 saturated heterocycles. The molecule has 3 rings (SSSR count). The molecule has 0 aromatic heterocycles. The largest absolute Gasteiger partial charge is 0.392 e. The van der Waals surface area contributed by atoms with E-state index in [2.05, 4.69) is 0 Å². The Morgan fingerprint density at radius 2 is 1.82 bits per heavy atom. The molecule has 0 bridgehead atoms. The average molecular weight is 345 g/mol. The average Bonchev–Trinajstić information content (AvgIpc) is 2.44. The van der Waals surface area contributed by atoms with Gasteiger partial charge in [-0.15, -0.1) is 0 Å². The number of halogens is 3. The van der Waals surface area contributed by atoms with Crippen LogP contribution in [0.5, 0.6) is 0 Å². The number of benzene rings is 1. The Kier molecular flexibility index (Phi) is 5.01. The molecule has 2 aliphatic rings. The SMILES string of the molecule is OC(CC1CCC(F)CC1)C1(c2ccc(Cl)c(Cl)c2)CCC1. The Morgan fingerprint density at radius 1 is 1.14 bits per heavy atom. The second kappa shape index (κ2) is 6.67. The van der Waals surface area contributed by atoms with Gasteiger partial charge in [0.25, 0.3) is 0 Å². The number of hydrogen-bond acceptors (Lipinski definition) is 1. The molecular weight excluding hydrogens is 322 g/mol. The zero-order chi connectivity index (χ0) is 15.7. The van der Waals surface area contributed by atoms with Gasteiger partial charge in [0.05, 0.1) is 16.1 Å². The van der Waals surface area contributed by atoms with Gasteiger partial charge >= 0.3 is 0 Å². The Balaban J connectivity index is 1.73. The predicted octanol–water partition coefficient (Wildman–Crippen LogP) is 5.69. The van der Waals surface area contributed by atoms with E-state index in [1.165, 1.54) is 0 Å². The fourth-order valence-electron chi connectivity index (χ4n) is 4.08. The van der Waals surface area contributed by atoms with E-state index in [-0.39, 0.29) is 11.5 Å². The highest BCUT2D eigenvalue weighted by atomic mass is 35.5. The van der Waals surface area contributed by atoms with Crippen LogP contribution in [0, 0.1) is 5.92 Å². The van der Waals surface area contributed by atoms with Crippen LogP contribution in [0.15, 0.2) is 18.2 Å². The summed E-state index contributed by atoms with van der Waals surface area (Å²) in [5, 5.41) is 12.0. The third kappa shape index (κ3) is 3.16. The van der Waals surface area contributed by atoms with Gasteiger partial charge in [-0.25, -0.2) is 4.39 Å². The van der Waals surface area contributed by atoms with E-state index < -0.39 is 6.17 Å². The maximum atomic E-state index is 13.3. The third-order valence-electron chi connectivity index (χ3n) is 5.71.